The fraction of sp³-hybridized carbons (Fsp3) is 0.263. The monoisotopic (exact) mass is 379 g/mol. The summed E-state index contributed by atoms with van der Waals surface area (Å²) in [6.07, 6.45) is -1.30. The maximum Gasteiger partial charge on any atom is 0.273 e. The lowest BCUT2D eigenvalue weighted by atomic mass is 9.87. The van der Waals surface area contributed by atoms with Gasteiger partial charge in [0.05, 0.1) is 10.7 Å². The molecule has 6 heteroatoms. The van der Waals surface area contributed by atoms with Gasteiger partial charge in [-0.2, -0.15) is 0 Å². The van der Waals surface area contributed by atoms with Crippen molar-refractivity contribution in [2.24, 2.45) is 5.41 Å². The van der Waals surface area contributed by atoms with E-state index in [0.717, 1.165) is 0 Å². The van der Waals surface area contributed by atoms with Crippen molar-refractivity contribution in [3.63, 3.8) is 0 Å². The summed E-state index contributed by atoms with van der Waals surface area (Å²) >= 11 is 11.9. The summed E-state index contributed by atoms with van der Waals surface area (Å²) in [4.78, 5) is 25.4. The molecular weight excluding hydrogens is 361 g/mol. The highest BCUT2D eigenvalue weighted by Crippen LogP contribution is 2.27. The summed E-state index contributed by atoms with van der Waals surface area (Å²) in [6.45, 7) is 5.21. The van der Waals surface area contributed by atoms with Crippen LogP contribution in [0.5, 0.6) is 5.75 Å². The fourth-order valence-corrected chi connectivity index (χ4v) is 2.50. The number of ether oxygens (including phenoxy) is 1. The van der Waals surface area contributed by atoms with Crippen LogP contribution in [0.1, 0.15) is 20.8 Å². The lowest BCUT2D eigenvalue weighted by molar-refractivity contribution is -0.140. The number of nitrogens with one attached hydrogen (secondary N) is 1. The largest absolute Gasteiger partial charge is 0.473 e. The van der Waals surface area contributed by atoms with Gasteiger partial charge in [0, 0.05) is 10.4 Å². The van der Waals surface area contributed by atoms with Crippen molar-refractivity contribution < 1.29 is 14.3 Å². The molecule has 2 aromatic rings. The SMILES string of the molecule is CC(C)(C)C(=O)C(Oc1ccccc1)C(=O)Nc1ccc(Cl)cc1Cl. The van der Waals surface area contributed by atoms with E-state index in [1.165, 1.54) is 6.07 Å². The van der Waals surface area contributed by atoms with E-state index in [9.17, 15) is 9.59 Å². The van der Waals surface area contributed by atoms with E-state index in [1.54, 1.807) is 57.2 Å². The van der Waals surface area contributed by atoms with Crippen LogP contribution < -0.4 is 10.1 Å². The van der Waals surface area contributed by atoms with Crippen LogP contribution in [-0.4, -0.2) is 17.8 Å². The quantitative estimate of drug-likeness (QED) is 0.743. The minimum Gasteiger partial charge on any atom is -0.473 e. The third kappa shape index (κ3) is 5.21. The Balaban J connectivity index is 2.27. The lowest BCUT2D eigenvalue weighted by Gasteiger charge is -2.25. The number of ketones is 1. The minimum absolute atomic E-state index is 0.280. The summed E-state index contributed by atoms with van der Waals surface area (Å²) in [5, 5.41) is 3.37. The molecule has 0 spiro atoms. The molecule has 0 heterocycles. The highest BCUT2D eigenvalue weighted by molar-refractivity contribution is 6.36. The molecule has 25 heavy (non-hydrogen) atoms. The standard InChI is InChI=1S/C19H19Cl2NO3/c1-19(2,3)17(23)16(25-13-7-5-4-6-8-13)18(24)22-15-10-9-12(20)11-14(15)21/h4-11,16H,1-3H3,(H,22,24). The second-order valence-corrected chi connectivity index (χ2v) is 7.38. The van der Waals surface area contributed by atoms with Crippen molar-refractivity contribution in [1.82, 2.24) is 0 Å². The molecule has 0 radical (unpaired) electrons. The number of halogens is 2. The molecule has 1 N–H and O–H groups in total. The number of anilines is 1. The van der Waals surface area contributed by atoms with Gasteiger partial charge in [-0.15, -0.1) is 0 Å². The maximum absolute atomic E-state index is 12.7. The zero-order valence-electron chi connectivity index (χ0n) is 14.2. The lowest BCUT2D eigenvalue weighted by Crippen LogP contribution is -2.45. The van der Waals surface area contributed by atoms with Crippen LogP contribution in [-0.2, 0) is 9.59 Å². The highest BCUT2D eigenvalue weighted by atomic mass is 35.5. The van der Waals surface area contributed by atoms with Crippen LogP contribution in [0.4, 0.5) is 5.69 Å². The molecule has 1 amide bonds. The third-order valence-corrected chi connectivity index (χ3v) is 3.95. The molecule has 0 bridgehead atoms. The molecule has 1 atom stereocenters. The Hall–Kier alpha value is -2.04. The summed E-state index contributed by atoms with van der Waals surface area (Å²) in [7, 11) is 0. The molecule has 0 saturated carbocycles. The minimum atomic E-state index is -1.30. The molecule has 2 aromatic carbocycles. The Morgan fingerprint density at radius 2 is 1.68 bits per heavy atom. The first-order valence-electron chi connectivity index (χ1n) is 7.70. The third-order valence-electron chi connectivity index (χ3n) is 3.40. The smallest absolute Gasteiger partial charge is 0.273 e. The van der Waals surface area contributed by atoms with Crippen molar-refractivity contribution in [3.05, 3.63) is 58.6 Å². The molecule has 0 saturated heterocycles. The van der Waals surface area contributed by atoms with Crippen LogP contribution in [0.25, 0.3) is 0 Å². The number of carbonyl (C=O) groups excluding carboxylic acids is 2. The molecule has 0 fully saturated rings. The Morgan fingerprint density at radius 1 is 1.04 bits per heavy atom. The molecule has 1 unspecified atom stereocenters. The number of hydrogen-bond acceptors (Lipinski definition) is 3. The van der Waals surface area contributed by atoms with Crippen LogP contribution in [0, 0.1) is 5.41 Å². The zero-order chi connectivity index (χ0) is 18.6. The van der Waals surface area contributed by atoms with E-state index in [0.29, 0.717) is 16.5 Å². The Labute approximate surface area is 157 Å². The van der Waals surface area contributed by atoms with Gasteiger partial charge in [-0.3, -0.25) is 9.59 Å². The predicted octanol–water partition coefficient (Wildman–Crippen LogP) is 4.99. The zero-order valence-corrected chi connectivity index (χ0v) is 15.7. The van der Waals surface area contributed by atoms with Gasteiger partial charge in [0.1, 0.15) is 5.75 Å². The van der Waals surface area contributed by atoms with Crippen molar-refractivity contribution in [3.8, 4) is 5.75 Å². The second kappa shape index (κ2) is 7.89. The van der Waals surface area contributed by atoms with E-state index in [2.05, 4.69) is 5.32 Å². The molecular formula is C19H19Cl2NO3. The van der Waals surface area contributed by atoms with Crippen molar-refractivity contribution in [2.75, 3.05) is 5.32 Å². The fourth-order valence-electron chi connectivity index (χ4n) is 2.04. The molecule has 0 aliphatic rings. The second-order valence-electron chi connectivity index (χ2n) is 6.54. The Morgan fingerprint density at radius 3 is 2.24 bits per heavy atom. The van der Waals surface area contributed by atoms with Gasteiger partial charge in [-0.05, 0) is 30.3 Å². The van der Waals surface area contributed by atoms with Crippen LogP contribution in [0.15, 0.2) is 48.5 Å². The van der Waals surface area contributed by atoms with Gasteiger partial charge in [0.25, 0.3) is 5.91 Å². The van der Waals surface area contributed by atoms with Gasteiger partial charge >= 0.3 is 0 Å². The number of carbonyl (C=O) groups is 2. The number of hydrogen-bond donors (Lipinski definition) is 1. The van der Waals surface area contributed by atoms with Crippen molar-refractivity contribution in [1.29, 1.82) is 0 Å². The Bertz CT molecular complexity index is 770. The molecule has 132 valence electrons. The molecule has 0 aliphatic carbocycles. The van der Waals surface area contributed by atoms with E-state index < -0.39 is 17.4 Å². The van der Waals surface area contributed by atoms with E-state index >= 15 is 0 Å². The van der Waals surface area contributed by atoms with Crippen molar-refractivity contribution >= 4 is 40.6 Å². The average Bonchev–Trinajstić information content (AvgIpc) is 2.54. The van der Waals surface area contributed by atoms with Crippen LogP contribution >= 0.6 is 23.2 Å². The first kappa shape index (κ1) is 19.3. The van der Waals surface area contributed by atoms with Crippen LogP contribution in [0.2, 0.25) is 10.0 Å². The first-order chi connectivity index (χ1) is 11.7. The van der Waals surface area contributed by atoms with Crippen molar-refractivity contribution in [2.45, 2.75) is 26.9 Å². The van der Waals surface area contributed by atoms with Crippen LogP contribution in [0.3, 0.4) is 0 Å². The van der Waals surface area contributed by atoms with E-state index in [1.807, 2.05) is 6.07 Å². The number of Topliss-reactive ketones (excluding diaryl/α,β-unsaturated/α-hetero) is 1. The number of para-hydroxylation sites is 1. The highest BCUT2D eigenvalue weighted by Gasteiger charge is 2.36. The molecule has 0 aliphatic heterocycles. The summed E-state index contributed by atoms with van der Waals surface area (Å²) < 4.78 is 5.67. The van der Waals surface area contributed by atoms with Gasteiger partial charge in [0.2, 0.25) is 6.10 Å². The van der Waals surface area contributed by atoms with Gasteiger partial charge in [-0.1, -0.05) is 62.2 Å². The number of benzene rings is 2. The summed E-state index contributed by atoms with van der Waals surface area (Å²) in [5.41, 5.74) is -0.389. The topological polar surface area (TPSA) is 55.4 Å². The van der Waals surface area contributed by atoms with Gasteiger partial charge in [-0.25, -0.2) is 0 Å². The van der Waals surface area contributed by atoms with Gasteiger partial charge in [0.15, 0.2) is 5.78 Å². The van der Waals surface area contributed by atoms with E-state index in [-0.39, 0.29) is 10.8 Å². The average molecular weight is 380 g/mol. The number of amides is 1. The molecule has 4 nitrogen and oxygen atoms in total. The maximum atomic E-state index is 12.7. The summed E-state index contributed by atoms with van der Waals surface area (Å²) in [6, 6.07) is 13.4. The first-order valence-corrected chi connectivity index (χ1v) is 8.46. The molecule has 0 aromatic heterocycles. The Kier molecular flexibility index (Phi) is 6.09. The van der Waals surface area contributed by atoms with Gasteiger partial charge < -0.3 is 10.1 Å². The predicted molar refractivity (Wildman–Crippen MR) is 100 cm³/mol. The summed E-state index contributed by atoms with van der Waals surface area (Å²) in [5.74, 6) is -0.491. The van der Waals surface area contributed by atoms with E-state index in [4.69, 9.17) is 27.9 Å². The molecule has 2 rings (SSSR count). The number of rotatable bonds is 5. The normalized spacial score (nSPS) is 12.4.